The van der Waals surface area contributed by atoms with Crippen molar-refractivity contribution in [1.82, 2.24) is 15.5 Å². The molecule has 7 nitrogen and oxygen atoms in total. The van der Waals surface area contributed by atoms with Gasteiger partial charge in [0.2, 0.25) is 5.95 Å². The molecule has 0 aliphatic carbocycles. The summed E-state index contributed by atoms with van der Waals surface area (Å²) in [5, 5.41) is 33.7. The molecule has 1 fully saturated rings. The number of thiocarbonyl (C=S) groups is 1. The molecule has 0 aromatic rings. The molecule has 0 spiro atoms. The zero-order valence-corrected chi connectivity index (χ0v) is 11.3. The Hall–Kier alpha value is -1.33. The predicted octanol–water partition coefficient (Wildman–Crippen LogP) is -1.46. The highest BCUT2D eigenvalue weighted by Crippen LogP contribution is 2.32. The minimum absolute atomic E-state index is 0.0289. The van der Waals surface area contributed by atoms with Crippen molar-refractivity contribution in [3.8, 4) is 0 Å². The summed E-state index contributed by atoms with van der Waals surface area (Å²) < 4.78 is 32.1. The second-order valence-corrected chi connectivity index (χ2v) is 5.26. The summed E-state index contributed by atoms with van der Waals surface area (Å²) >= 11 is 5.06. The number of nitrogens with zero attached hydrogens (tertiary/aromatic N) is 1. The van der Waals surface area contributed by atoms with E-state index in [-0.39, 0.29) is 10.7 Å². The largest absolute Gasteiger partial charge is 0.394 e. The van der Waals surface area contributed by atoms with Crippen LogP contribution in [-0.4, -0.2) is 62.6 Å². The van der Waals surface area contributed by atoms with Gasteiger partial charge >= 0.3 is 0 Å². The summed E-state index contributed by atoms with van der Waals surface area (Å²) in [6, 6.07) is 0. The van der Waals surface area contributed by atoms with Crippen LogP contribution in [0.1, 0.15) is 0 Å². The number of rotatable bonds is 2. The van der Waals surface area contributed by atoms with Crippen molar-refractivity contribution >= 4 is 17.3 Å². The summed E-state index contributed by atoms with van der Waals surface area (Å²) in [5.74, 6) is -2.17. The van der Waals surface area contributed by atoms with Crippen LogP contribution in [0.5, 0.6) is 0 Å². The van der Waals surface area contributed by atoms with E-state index in [4.69, 9.17) is 22.1 Å². The molecule has 116 valence electrons. The molecule has 3 aliphatic heterocycles. The zero-order valence-electron chi connectivity index (χ0n) is 10.5. The van der Waals surface area contributed by atoms with Crippen molar-refractivity contribution in [2.24, 2.45) is 0 Å². The molecule has 0 aromatic carbocycles. The summed E-state index contributed by atoms with van der Waals surface area (Å²) in [4.78, 5) is 1.19. The molecule has 0 bridgehead atoms. The zero-order chi connectivity index (χ0) is 15.3. The van der Waals surface area contributed by atoms with Gasteiger partial charge in [0.05, 0.1) is 12.2 Å². The highest BCUT2D eigenvalue weighted by molar-refractivity contribution is 7.80. The first kappa shape index (κ1) is 14.6. The molecule has 3 aliphatic rings. The maximum atomic E-state index is 13.6. The highest BCUT2D eigenvalue weighted by Gasteiger charge is 2.47. The second kappa shape index (κ2) is 5.14. The van der Waals surface area contributed by atoms with Gasteiger partial charge in [-0.25, -0.2) is 4.39 Å². The molecular weight excluding hydrogens is 308 g/mol. The minimum atomic E-state index is -1.36. The summed E-state index contributed by atoms with van der Waals surface area (Å²) in [5.41, 5.74) is -0.0289. The van der Waals surface area contributed by atoms with Gasteiger partial charge in [0.25, 0.3) is 0 Å². The Labute approximate surface area is 123 Å². The van der Waals surface area contributed by atoms with Gasteiger partial charge in [-0.2, -0.15) is 4.39 Å². The third-order valence-electron chi connectivity index (χ3n) is 3.60. The smallest absolute Gasteiger partial charge is 0.225 e. The molecule has 5 atom stereocenters. The van der Waals surface area contributed by atoms with Crippen molar-refractivity contribution in [1.29, 1.82) is 0 Å². The van der Waals surface area contributed by atoms with Crippen molar-refractivity contribution < 1.29 is 28.8 Å². The standard InChI is InChI=1S/C11H13F2N3O4S/c12-5-3-1-16(11(21)15-9(3)14-8(5)13)10-7(19)6(18)4(2-17)20-10/h1,4,6-7,9-10,14,17-19H,2H2,(H,15,21). The lowest BCUT2D eigenvalue weighted by atomic mass is 10.1. The van der Waals surface area contributed by atoms with Crippen molar-refractivity contribution in [2.45, 2.75) is 30.7 Å². The van der Waals surface area contributed by atoms with Crippen molar-refractivity contribution in [3.63, 3.8) is 0 Å². The third kappa shape index (κ3) is 2.19. The Morgan fingerprint density at radius 1 is 1.29 bits per heavy atom. The minimum Gasteiger partial charge on any atom is -0.394 e. The van der Waals surface area contributed by atoms with E-state index >= 15 is 0 Å². The number of nitrogens with one attached hydrogen (secondary N) is 2. The van der Waals surface area contributed by atoms with Crippen LogP contribution in [0.2, 0.25) is 0 Å². The van der Waals surface area contributed by atoms with Crippen LogP contribution >= 0.6 is 12.2 Å². The van der Waals surface area contributed by atoms with Crippen molar-refractivity contribution in [2.75, 3.05) is 6.61 Å². The maximum Gasteiger partial charge on any atom is 0.225 e. The van der Waals surface area contributed by atoms with Crippen LogP contribution in [0, 0.1) is 0 Å². The molecule has 5 N–H and O–H groups in total. The van der Waals surface area contributed by atoms with E-state index in [9.17, 15) is 19.0 Å². The van der Waals surface area contributed by atoms with Gasteiger partial charge in [-0.1, -0.05) is 0 Å². The molecule has 10 heteroatoms. The average molecular weight is 321 g/mol. The van der Waals surface area contributed by atoms with Crippen LogP contribution < -0.4 is 10.6 Å². The van der Waals surface area contributed by atoms with Gasteiger partial charge in [0.1, 0.15) is 24.5 Å². The molecule has 3 heterocycles. The molecular formula is C11H13F2N3O4S. The van der Waals surface area contributed by atoms with E-state index < -0.39 is 49.1 Å². The fourth-order valence-corrected chi connectivity index (χ4v) is 2.75. The quantitative estimate of drug-likeness (QED) is 0.311. The molecule has 0 saturated carbocycles. The molecule has 5 unspecified atom stereocenters. The van der Waals surface area contributed by atoms with Gasteiger partial charge in [-0.05, 0) is 12.2 Å². The molecule has 21 heavy (non-hydrogen) atoms. The number of halogens is 2. The Bertz CT molecular complexity index is 544. The lowest BCUT2D eigenvalue weighted by Gasteiger charge is -2.35. The fraction of sp³-hybridized carbons (Fsp3) is 0.545. The van der Waals surface area contributed by atoms with E-state index in [0.29, 0.717) is 0 Å². The van der Waals surface area contributed by atoms with Crippen LogP contribution in [0.25, 0.3) is 0 Å². The Kier molecular flexibility index (Phi) is 3.58. The lowest BCUT2D eigenvalue weighted by Crippen LogP contribution is -2.56. The molecule has 0 amide bonds. The summed E-state index contributed by atoms with van der Waals surface area (Å²) in [6.07, 6.45) is -4.38. The highest BCUT2D eigenvalue weighted by atomic mass is 32.1. The SMILES string of the molecule is OCC1OC(N2C=C3C(F)=C(F)NC3NC2=S)C(O)C1O. The normalized spacial score (nSPS) is 39.1. The number of fused-ring (bicyclic) bond motifs is 1. The average Bonchev–Trinajstić information content (AvgIpc) is 2.88. The summed E-state index contributed by atoms with van der Waals surface area (Å²) in [6.45, 7) is -0.494. The van der Waals surface area contributed by atoms with Gasteiger partial charge in [0, 0.05) is 6.20 Å². The first-order valence-electron chi connectivity index (χ1n) is 6.19. The van der Waals surface area contributed by atoms with Crippen LogP contribution in [0.3, 0.4) is 0 Å². The third-order valence-corrected chi connectivity index (χ3v) is 3.93. The van der Waals surface area contributed by atoms with E-state index in [2.05, 4.69) is 10.6 Å². The van der Waals surface area contributed by atoms with Gasteiger partial charge < -0.3 is 30.7 Å². The van der Waals surface area contributed by atoms with E-state index in [1.807, 2.05) is 0 Å². The first-order valence-corrected chi connectivity index (χ1v) is 6.60. The van der Waals surface area contributed by atoms with Gasteiger partial charge in [-0.3, -0.25) is 4.90 Å². The summed E-state index contributed by atoms with van der Waals surface area (Å²) in [7, 11) is 0. The van der Waals surface area contributed by atoms with Crippen LogP contribution in [0.15, 0.2) is 23.6 Å². The van der Waals surface area contributed by atoms with Crippen LogP contribution in [0.4, 0.5) is 8.78 Å². The Morgan fingerprint density at radius 2 is 2.00 bits per heavy atom. The fourth-order valence-electron chi connectivity index (χ4n) is 2.47. The topological polar surface area (TPSA) is 97.2 Å². The maximum absolute atomic E-state index is 13.6. The second-order valence-electron chi connectivity index (χ2n) is 4.88. The number of hydrogen-bond acceptors (Lipinski definition) is 6. The van der Waals surface area contributed by atoms with E-state index in [0.717, 1.165) is 0 Å². The van der Waals surface area contributed by atoms with Crippen LogP contribution in [-0.2, 0) is 4.74 Å². The number of aliphatic hydroxyl groups is 3. The Balaban J connectivity index is 1.89. The molecule has 0 radical (unpaired) electrons. The predicted molar refractivity (Wildman–Crippen MR) is 69.6 cm³/mol. The molecule has 3 rings (SSSR count). The Morgan fingerprint density at radius 3 is 2.62 bits per heavy atom. The monoisotopic (exact) mass is 321 g/mol. The number of ether oxygens (including phenoxy) is 1. The molecule has 0 aromatic heterocycles. The first-order chi connectivity index (χ1) is 9.93. The van der Waals surface area contributed by atoms with E-state index in [1.54, 1.807) is 0 Å². The van der Waals surface area contributed by atoms with E-state index in [1.165, 1.54) is 11.1 Å². The van der Waals surface area contributed by atoms with Gasteiger partial charge in [-0.15, -0.1) is 0 Å². The lowest BCUT2D eigenvalue weighted by molar-refractivity contribution is -0.0597. The van der Waals surface area contributed by atoms with Gasteiger partial charge in [0.15, 0.2) is 17.2 Å². The molecule has 1 saturated heterocycles. The number of hydrogen-bond donors (Lipinski definition) is 5. The van der Waals surface area contributed by atoms with Crippen molar-refractivity contribution in [3.05, 3.63) is 23.6 Å². The number of aliphatic hydroxyl groups excluding tert-OH is 3.